The van der Waals surface area contributed by atoms with Crippen molar-refractivity contribution in [1.82, 2.24) is 4.90 Å². The van der Waals surface area contributed by atoms with Crippen LogP contribution in [0.25, 0.3) is 0 Å². The minimum Gasteiger partial charge on any atom is -0.496 e. The Hall–Kier alpha value is -1.28. The SMILES string of the molecule is C=CCN1CCC[C@@H]2c3c(cccc3OC)CC[C@@H]21. The third-order valence-corrected chi connectivity index (χ3v) is 4.71. The lowest BCUT2D eigenvalue weighted by Gasteiger charge is -2.45. The Balaban J connectivity index is 1.97. The number of piperidine rings is 1. The molecule has 19 heavy (non-hydrogen) atoms. The number of benzene rings is 1. The van der Waals surface area contributed by atoms with Crippen molar-refractivity contribution in [3.8, 4) is 5.75 Å². The molecule has 0 bridgehead atoms. The van der Waals surface area contributed by atoms with Crippen LogP contribution in [0.5, 0.6) is 5.75 Å². The maximum Gasteiger partial charge on any atom is 0.122 e. The van der Waals surface area contributed by atoms with Gasteiger partial charge in [-0.25, -0.2) is 0 Å². The van der Waals surface area contributed by atoms with Gasteiger partial charge in [-0.2, -0.15) is 0 Å². The van der Waals surface area contributed by atoms with Crippen molar-refractivity contribution >= 4 is 0 Å². The molecule has 1 aromatic carbocycles. The van der Waals surface area contributed by atoms with Crippen LogP contribution in [0.2, 0.25) is 0 Å². The van der Waals surface area contributed by atoms with E-state index in [1.54, 1.807) is 7.11 Å². The summed E-state index contributed by atoms with van der Waals surface area (Å²) in [6, 6.07) is 7.20. The van der Waals surface area contributed by atoms with E-state index in [0.717, 1.165) is 12.3 Å². The summed E-state index contributed by atoms with van der Waals surface area (Å²) < 4.78 is 5.62. The lowest BCUT2D eigenvalue weighted by Crippen LogP contribution is -2.46. The van der Waals surface area contributed by atoms with E-state index < -0.39 is 0 Å². The van der Waals surface area contributed by atoms with Crippen LogP contribution < -0.4 is 4.74 Å². The molecule has 1 fully saturated rings. The highest BCUT2D eigenvalue weighted by Crippen LogP contribution is 2.44. The molecule has 1 saturated heterocycles. The molecule has 0 amide bonds. The highest BCUT2D eigenvalue weighted by molar-refractivity contribution is 5.45. The van der Waals surface area contributed by atoms with Crippen molar-refractivity contribution in [2.45, 2.75) is 37.6 Å². The lowest BCUT2D eigenvalue weighted by molar-refractivity contribution is 0.125. The molecule has 102 valence electrons. The summed E-state index contributed by atoms with van der Waals surface area (Å²) in [5, 5.41) is 0. The third-order valence-electron chi connectivity index (χ3n) is 4.71. The Labute approximate surface area is 116 Å². The highest BCUT2D eigenvalue weighted by atomic mass is 16.5. The van der Waals surface area contributed by atoms with Crippen molar-refractivity contribution in [2.75, 3.05) is 20.2 Å². The monoisotopic (exact) mass is 257 g/mol. The first-order valence-corrected chi connectivity index (χ1v) is 7.36. The first-order chi connectivity index (χ1) is 9.35. The zero-order chi connectivity index (χ0) is 13.2. The number of fused-ring (bicyclic) bond motifs is 3. The second kappa shape index (κ2) is 5.38. The molecule has 0 spiro atoms. The molecule has 2 nitrogen and oxygen atoms in total. The summed E-state index contributed by atoms with van der Waals surface area (Å²) in [4.78, 5) is 2.61. The van der Waals surface area contributed by atoms with Crippen LogP contribution in [-0.4, -0.2) is 31.1 Å². The van der Waals surface area contributed by atoms with Gasteiger partial charge in [-0.1, -0.05) is 18.2 Å². The number of hydrogen-bond donors (Lipinski definition) is 0. The van der Waals surface area contributed by atoms with Gasteiger partial charge in [0.2, 0.25) is 0 Å². The van der Waals surface area contributed by atoms with Crippen LogP contribution >= 0.6 is 0 Å². The molecule has 2 aliphatic rings. The van der Waals surface area contributed by atoms with Crippen molar-refractivity contribution in [1.29, 1.82) is 0 Å². The van der Waals surface area contributed by atoms with Gasteiger partial charge in [-0.3, -0.25) is 4.90 Å². The van der Waals surface area contributed by atoms with E-state index in [9.17, 15) is 0 Å². The number of methoxy groups -OCH3 is 1. The van der Waals surface area contributed by atoms with Crippen molar-refractivity contribution in [3.05, 3.63) is 42.0 Å². The Morgan fingerprint density at radius 3 is 3.11 bits per heavy atom. The van der Waals surface area contributed by atoms with E-state index >= 15 is 0 Å². The number of aryl methyl sites for hydroxylation is 1. The minimum atomic E-state index is 0.647. The van der Waals surface area contributed by atoms with Crippen LogP contribution in [0.4, 0.5) is 0 Å². The van der Waals surface area contributed by atoms with E-state index in [4.69, 9.17) is 4.74 Å². The maximum absolute atomic E-state index is 5.62. The molecule has 0 aromatic heterocycles. The summed E-state index contributed by atoms with van der Waals surface area (Å²) in [7, 11) is 1.80. The molecule has 2 atom stereocenters. The first kappa shape index (κ1) is 12.7. The van der Waals surface area contributed by atoms with Crippen molar-refractivity contribution < 1.29 is 4.74 Å². The summed E-state index contributed by atoms with van der Waals surface area (Å²) in [5.74, 6) is 1.74. The highest BCUT2D eigenvalue weighted by Gasteiger charge is 2.37. The van der Waals surface area contributed by atoms with Gasteiger partial charge in [0.25, 0.3) is 0 Å². The molecule has 1 aliphatic carbocycles. The molecule has 1 aromatic rings. The zero-order valence-corrected chi connectivity index (χ0v) is 11.8. The standard InChI is InChI=1S/C17H23NO/c1-3-11-18-12-5-7-14-15(18)10-9-13-6-4-8-16(19-2)17(13)14/h3-4,6,8,14-15H,1,5,7,9-12H2,2H3/t14-,15-/m0/s1. The number of likely N-dealkylation sites (tertiary alicyclic amines) is 1. The zero-order valence-electron chi connectivity index (χ0n) is 11.8. The largest absolute Gasteiger partial charge is 0.496 e. The van der Waals surface area contributed by atoms with E-state index in [1.165, 1.54) is 43.4 Å². The number of hydrogen-bond acceptors (Lipinski definition) is 2. The van der Waals surface area contributed by atoms with Crippen molar-refractivity contribution in [3.63, 3.8) is 0 Å². The Kier molecular flexibility index (Phi) is 3.61. The fourth-order valence-corrected chi connectivity index (χ4v) is 3.95. The molecule has 2 heteroatoms. The van der Waals surface area contributed by atoms with Gasteiger partial charge in [0, 0.05) is 24.1 Å². The molecule has 0 saturated carbocycles. The summed E-state index contributed by atoms with van der Waals surface area (Å²) in [6.07, 6.45) is 7.08. The van der Waals surface area contributed by atoms with Gasteiger partial charge < -0.3 is 4.74 Å². The second-order valence-electron chi connectivity index (χ2n) is 5.67. The molecule has 0 N–H and O–H groups in total. The van der Waals surface area contributed by atoms with Crippen molar-refractivity contribution in [2.24, 2.45) is 0 Å². The van der Waals surface area contributed by atoms with Gasteiger partial charge in [0.1, 0.15) is 5.75 Å². The molecular weight excluding hydrogens is 234 g/mol. The average Bonchev–Trinajstić information content (AvgIpc) is 2.47. The fourth-order valence-electron chi connectivity index (χ4n) is 3.95. The average molecular weight is 257 g/mol. The number of ether oxygens (including phenoxy) is 1. The molecule has 1 heterocycles. The Morgan fingerprint density at radius 1 is 1.42 bits per heavy atom. The van der Waals surface area contributed by atoms with E-state index in [0.29, 0.717) is 12.0 Å². The van der Waals surface area contributed by atoms with E-state index in [-0.39, 0.29) is 0 Å². The fraction of sp³-hybridized carbons (Fsp3) is 0.529. The Bertz CT molecular complexity index is 454. The number of nitrogens with zero attached hydrogens (tertiary/aromatic N) is 1. The Morgan fingerprint density at radius 2 is 2.32 bits per heavy atom. The van der Waals surface area contributed by atoms with E-state index in [2.05, 4.69) is 29.7 Å². The van der Waals surface area contributed by atoms with Gasteiger partial charge in [0.05, 0.1) is 7.11 Å². The molecule has 0 unspecified atom stereocenters. The molecule has 1 aliphatic heterocycles. The van der Waals surface area contributed by atoms with E-state index in [1.807, 2.05) is 6.08 Å². The van der Waals surface area contributed by atoms with Gasteiger partial charge >= 0.3 is 0 Å². The van der Waals surface area contributed by atoms with Crippen LogP contribution in [-0.2, 0) is 6.42 Å². The smallest absolute Gasteiger partial charge is 0.122 e. The first-order valence-electron chi connectivity index (χ1n) is 7.36. The predicted octanol–water partition coefficient (Wildman–Crippen LogP) is 3.38. The van der Waals surface area contributed by atoms with Gasteiger partial charge in [-0.15, -0.1) is 6.58 Å². The third kappa shape index (κ3) is 2.18. The molecular formula is C17H23NO. The van der Waals surface area contributed by atoms with Gasteiger partial charge in [-0.05, 0) is 43.9 Å². The summed E-state index contributed by atoms with van der Waals surface area (Å²) in [5.41, 5.74) is 2.98. The normalized spacial score (nSPS) is 26.4. The lowest BCUT2D eigenvalue weighted by atomic mass is 9.74. The van der Waals surface area contributed by atoms with Crippen LogP contribution in [0, 0.1) is 0 Å². The summed E-state index contributed by atoms with van der Waals surface area (Å²) >= 11 is 0. The quantitative estimate of drug-likeness (QED) is 0.770. The number of rotatable bonds is 3. The maximum atomic E-state index is 5.62. The molecule has 3 rings (SSSR count). The van der Waals surface area contributed by atoms with Gasteiger partial charge in [0.15, 0.2) is 0 Å². The topological polar surface area (TPSA) is 12.5 Å². The predicted molar refractivity (Wildman–Crippen MR) is 78.8 cm³/mol. The molecule has 0 radical (unpaired) electrons. The minimum absolute atomic E-state index is 0.647. The summed E-state index contributed by atoms with van der Waals surface area (Å²) in [6.45, 7) is 6.14. The van der Waals surface area contributed by atoms with Crippen LogP contribution in [0.15, 0.2) is 30.9 Å². The second-order valence-corrected chi connectivity index (χ2v) is 5.67. The van der Waals surface area contributed by atoms with Crippen LogP contribution in [0.3, 0.4) is 0 Å². The van der Waals surface area contributed by atoms with Crippen LogP contribution in [0.1, 0.15) is 36.3 Å².